The number of aliphatic hydroxyl groups excluding tert-OH is 1. The number of benzene rings is 1. The summed E-state index contributed by atoms with van der Waals surface area (Å²) in [5.41, 5.74) is 11.8. The molecule has 4 N–H and O–H groups in total. The molecule has 2 saturated heterocycles. The maximum atomic E-state index is 10.1. The highest BCUT2D eigenvalue weighted by molar-refractivity contribution is 5.85. The van der Waals surface area contributed by atoms with Crippen LogP contribution in [0.15, 0.2) is 18.3 Å². The molecule has 0 unspecified atom stereocenters. The fourth-order valence-electron chi connectivity index (χ4n) is 5.15. The zero-order chi connectivity index (χ0) is 21.8. The summed E-state index contributed by atoms with van der Waals surface area (Å²) in [6.45, 7) is 8.36. The molecule has 2 atom stereocenters. The number of piperidine rings is 1. The van der Waals surface area contributed by atoms with Gasteiger partial charge in [-0.15, -0.1) is 0 Å². The number of nitrogens with two attached hydrogens (primary N) is 1. The van der Waals surface area contributed by atoms with Crippen molar-refractivity contribution in [3.63, 3.8) is 0 Å². The van der Waals surface area contributed by atoms with Gasteiger partial charge in [0, 0.05) is 35.5 Å². The van der Waals surface area contributed by atoms with Crippen molar-refractivity contribution in [1.82, 2.24) is 20.2 Å². The maximum absolute atomic E-state index is 10.1. The molecule has 4 heterocycles. The minimum absolute atomic E-state index is 0.0499. The quantitative estimate of drug-likeness (QED) is 0.594. The number of anilines is 1. The SMILES string of the molecule is Cc1cc2cn[nH]c2cc1-c1nc(CO)c(N2CCC3(CC2)CO[C@@H](C)[C@H]3N)nc1C. The van der Waals surface area contributed by atoms with Crippen LogP contribution in [-0.2, 0) is 11.3 Å². The molecule has 1 aromatic carbocycles. The van der Waals surface area contributed by atoms with Gasteiger partial charge in [0.1, 0.15) is 5.69 Å². The zero-order valence-corrected chi connectivity index (χ0v) is 18.4. The van der Waals surface area contributed by atoms with Crippen molar-refractivity contribution in [2.75, 3.05) is 24.6 Å². The third-order valence-corrected chi connectivity index (χ3v) is 7.22. The Bertz CT molecular complexity index is 1120. The molecule has 1 spiro atoms. The van der Waals surface area contributed by atoms with Crippen molar-refractivity contribution in [1.29, 1.82) is 0 Å². The summed E-state index contributed by atoms with van der Waals surface area (Å²) >= 11 is 0. The molecule has 0 aliphatic carbocycles. The van der Waals surface area contributed by atoms with Crippen LogP contribution in [0.1, 0.15) is 36.7 Å². The van der Waals surface area contributed by atoms with Crippen molar-refractivity contribution >= 4 is 16.7 Å². The molecule has 3 aromatic rings. The van der Waals surface area contributed by atoms with E-state index in [9.17, 15) is 5.11 Å². The normalized spacial score (nSPS) is 23.2. The second-order valence-electron chi connectivity index (χ2n) is 9.10. The number of hydrogen-bond acceptors (Lipinski definition) is 7. The highest BCUT2D eigenvalue weighted by Crippen LogP contribution is 2.42. The van der Waals surface area contributed by atoms with Gasteiger partial charge in [0.2, 0.25) is 0 Å². The molecule has 2 aromatic heterocycles. The molecule has 5 rings (SSSR count). The van der Waals surface area contributed by atoms with Crippen LogP contribution in [0, 0.1) is 19.3 Å². The summed E-state index contributed by atoms with van der Waals surface area (Å²) < 4.78 is 5.85. The lowest BCUT2D eigenvalue weighted by Gasteiger charge is -2.42. The number of nitrogens with one attached hydrogen (secondary N) is 1. The molecule has 2 aliphatic rings. The molecule has 8 heteroatoms. The summed E-state index contributed by atoms with van der Waals surface area (Å²) in [6.07, 6.45) is 3.84. The molecule has 2 aliphatic heterocycles. The summed E-state index contributed by atoms with van der Waals surface area (Å²) in [7, 11) is 0. The topological polar surface area (TPSA) is 113 Å². The molecule has 0 amide bonds. The molecule has 0 radical (unpaired) electrons. The van der Waals surface area contributed by atoms with Gasteiger partial charge in [0.15, 0.2) is 5.82 Å². The molecular formula is C23H30N6O2. The Morgan fingerprint density at radius 1 is 1.26 bits per heavy atom. The van der Waals surface area contributed by atoms with Crippen LogP contribution in [0.25, 0.3) is 22.2 Å². The van der Waals surface area contributed by atoms with E-state index in [0.29, 0.717) is 5.69 Å². The molecule has 31 heavy (non-hydrogen) atoms. The Hall–Kier alpha value is -2.55. The number of aliphatic hydroxyl groups is 1. The lowest BCUT2D eigenvalue weighted by Crippen LogP contribution is -2.51. The van der Waals surface area contributed by atoms with Gasteiger partial charge in [-0.3, -0.25) is 5.10 Å². The van der Waals surface area contributed by atoms with E-state index < -0.39 is 0 Å². The second-order valence-corrected chi connectivity index (χ2v) is 9.10. The minimum atomic E-state index is -0.151. The molecule has 0 bridgehead atoms. The third-order valence-electron chi connectivity index (χ3n) is 7.22. The van der Waals surface area contributed by atoms with Gasteiger partial charge in [0.25, 0.3) is 0 Å². The molecular weight excluding hydrogens is 392 g/mol. The number of fused-ring (bicyclic) bond motifs is 1. The summed E-state index contributed by atoms with van der Waals surface area (Å²) in [5.74, 6) is 0.777. The van der Waals surface area contributed by atoms with E-state index in [2.05, 4.69) is 41.1 Å². The van der Waals surface area contributed by atoms with Gasteiger partial charge in [0.05, 0.1) is 42.4 Å². The Morgan fingerprint density at radius 2 is 2.03 bits per heavy atom. The second kappa shape index (κ2) is 7.55. The molecule has 164 valence electrons. The maximum Gasteiger partial charge on any atom is 0.153 e. The van der Waals surface area contributed by atoms with Gasteiger partial charge in [-0.05, 0) is 51.3 Å². The Kier molecular flexibility index (Phi) is 4.96. The number of aryl methyl sites for hydroxylation is 2. The van der Waals surface area contributed by atoms with Crippen molar-refractivity contribution in [3.8, 4) is 11.3 Å². The monoisotopic (exact) mass is 422 g/mol. The van der Waals surface area contributed by atoms with E-state index in [-0.39, 0.29) is 24.2 Å². The lowest BCUT2D eigenvalue weighted by atomic mass is 9.73. The van der Waals surface area contributed by atoms with Gasteiger partial charge >= 0.3 is 0 Å². The third kappa shape index (κ3) is 3.30. The van der Waals surface area contributed by atoms with E-state index in [1.54, 1.807) is 0 Å². The van der Waals surface area contributed by atoms with Gasteiger partial charge in [-0.25, -0.2) is 9.97 Å². The fraction of sp³-hybridized carbons (Fsp3) is 0.522. The van der Waals surface area contributed by atoms with Crippen molar-refractivity contribution in [2.24, 2.45) is 11.1 Å². The van der Waals surface area contributed by atoms with Crippen LogP contribution in [0.2, 0.25) is 0 Å². The first kappa shape index (κ1) is 20.4. The first-order valence-electron chi connectivity index (χ1n) is 11.0. The van der Waals surface area contributed by atoms with E-state index in [1.165, 1.54) is 0 Å². The average Bonchev–Trinajstić information content (AvgIpc) is 3.33. The van der Waals surface area contributed by atoms with Crippen molar-refractivity contribution < 1.29 is 9.84 Å². The van der Waals surface area contributed by atoms with Crippen molar-refractivity contribution in [3.05, 3.63) is 35.3 Å². The summed E-state index contributed by atoms with van der Waals surface area (Å²) in [5, 5.41) is 18.3. The van der Waals surface area contributed by atoms with Gasteiger partial charge in [-0.2, -0.15) is 5.10 Å². The number of H-pyrrole nitrogens is 1. The molecule has 0 saturated carbocycles. The Balaban J connectivity index is 1.46. The molecule has 8 nitrogen and oxygen atoms in total. The number of aromatic nitrogens is 4. The van der Waals surface area contributed by atoms with Crippen molar-refractivity contribution in [2.45, 2.75) is 52.4 Å². The van der Waals surface area contributed by atoms with Crippen LogP contribution in [0.5, 0.6) is 0 Å². The van der Waals surface area contributed by atoms with E-state index in [1.807, 2.05) is 13.1 Å². The summed E-state index contributed by atoms with van der Waals surface area (Å²) in [6, 6.07) is 4.23. The van der Waals surface area contributed by atoms with Gasteiger partial charge < -0.3 is 20.5 Å². The minimum Gasteiger partial charge on any atom is -0.390 e. The summed E-state index contributed by atoms with van der Waals surface area (Å²) in [4.78, 5) is 12.0. The number of ether oxygens (including phenoxy) is 1. The number of nitrogens with zero attached hydrogens (tertiary/aromatic N) is 4. The Morgan fingerprint density at radius 3 is 2.71 bits per heavy atom. The Labute approximate surface area is 181 Å². The number of rotatable bonds is 3. The fourth-order valence-corrected chi connectivity index (χ4v) is 5.15. The van der Waals surface area contributed by atoms with E-state index in [4.69, 9.17) is 20.4 Å². The van der Waals surface area contributed by atoms with Crippen LogP contribution >= 0.6 is 0 Å². The van der Waals surface area contributed by atoms with Crippen LogP contribution in [0.4, 0.5) is 5.82 Å². The van der Waals surface area contributed by atoms with E-state index in [0.717, 1.165) is 71.8 Å². The lowest BCUT2D eigenvalue weighted by molar-refractivity contribution is 0.0973. The zero-order valence-electron chi connectivity index (χ0n) is 18.4. The van der Waals surface area contributed by atoms with Crippen LogP contribution in [0.3, 0.4) is 0 Å². The smallest absolute Gasteiger partial charge is 0.153 e. The standard InChI is InChI=1S/C23H30N6O2/c1-13-8-16-10-25-28-18(16)9-17(13)20-14(2)26-22(19(11-30)27-20)29-6-4-23(5-7-29)12-31-15(3)21(23)24/h8-10,15,21,30H,4-7,11-12,24H2,1-3H3,(H,25,28)/t15-,21+/m0/s1. The van der Waals surface area contributed by atoms with Gasteiger partial charge in [-0.1, -0.05) is 0 Å². The first-order chi connectivity index (χ1) is 14.9. The highest BCUT2D eigenvalue weighted by atomic mass is 16.5. The number of aromatic amines is 1. The van der Waals surface area contributed by atoms with E-state index >= 15 is 0 Å². The number of hydrogen-bond donors (Lipinski definition) is 3. The van der Waals surface area contributed by atoms with Crippen LogP contribution < -0.4 is 10.6 Å². The first-order valence-corrected chi connectivity index (χ1v) is 11.0. The highest BCUT2D eigenvalue weighted by Gasteiger charge is 2.47. The van der Waals surface area contributed by atoms with Crippen LogP contribution in [-0.4, -0.2) is 57.1 Å². The molecule has 2 fully saturated rings. The predicted molar refractivity (Wildman–Crippen MR) is 120 cm³/mol. The largest absolute Gasteiger partial charge is 0.390 e. The predicted octanol–water partition coefficient (Wildman–Crippen LogP) is 2.46. The average molecular weight is 423 g/mol.